The van der Waals surface area contributed by atoms with Gasteiger partial charge in [-0.25, -0.2) is 0 Å². The summed E-state index contributed by atoms with van der Waals surface area (Å²) >= 11 is 3.53. The molecule has 1 unspecified atom stereocenters. The van der Waals surface area contributed by atoms with Gasteiger partial charge in [0.15, 0.2) is 11.5 Å². The minimum absolute atomic E-state index is 0. The predicted molar refractivity (Wildman–Crippen MR) is 83.1 cm³/mol. The summed E-state index contributed by atoms with van der Waals surface area (Å²) in [6.45, 7) is 6.25. The van der Waals surface area contributed by atoms with Gasteiger partial charge in [0.1, 0.15) is 0 Å². The third kappa shape index (κ3) is 3.59. The average Bonchev–Trinajstić information content (AvgIpc) is 2.95. The Morgan fingerprint density at radius 3 is 2.60 bits per heavy atom. The molecule has 0 aliphatic heterocycles. The van der Waals surface area contributed by atoms with Crippen LogP contribution in [-0.2, 0) is 6.42 Å². The second kappa shape index (κ2) is 7.19. The SMILES string of the molecule is CNC(C)Cc1noc(-c2n[nH]c(C(C)C)c2Br)n1.Cl. The smallest absolute Gasteiger partial charge is 0.279 e. The second-order valence-corrected chi connectivity index (χ2v) is 5.66. The van der Waals surface area contributed by atoms with Crippen molar-refractivity contribution in [3.8, 4) is 11.6 Å². The van der Waals surface area contributed by atoms with Crippen LogP contribution in [0, 0.1) is 0 Å². The van der Waals surface area contributed by atoms with Crippen molar-refractivity contribution in [1.82, 2.24) is 25.7 Å². The maximum atomic E-state index is 5.27. The Balaban J connectivity index is 0.00000200. The Morgan fingerprint density at radius 1 is 1.35 bits per heavy atom. The summed E-state index contributed by atoms with van der Waals surface area (Å²) < 4.78 is 6.16. The van der Waals surface area contributed by atoms with E-state index in [1.165, 1.54) is 0 Å². The number of halogens is 2. The van der Waals surface area contributed by atoms with E-state index in [-0.39, 0.29) is 12.4 Å². The van der Waals surface area contributed by atoms with Gasteiger partial charge in [-0.05, 0) is 35.8 Å². The molecule has 0 spiro atoms. The summed E-state index contributed by atoms with van der Waals surface area (Å²) in [4.78, 5) is 4.37. The Bertz CT molecular complexity index is 554. The molecule has 0 amide bonds. The zero-order valence-electron chi connectivity index (χ0n) is 11.9. The second-order valence-electron chi connectivity index (χ2n) is 4.86. The largest absolute Gasteiger partial charge is 0.332 e. The summed E-state index contributed by atoms with van der Waals surface area (Å²) in [5, 5.41) is 14.3. The van der Waals surface area contributed by atoms with Crippen molar-refractivity contribution in [2.45, 2.75) is 39.2 Å². The minimum Gasteiger partial charge on any atom is -0.332 e. The molecule has 2 heterocycles. The maximum Gasteiger partial charge on any atom is 0.279 e. The number of nitrogens with zero attached hydrogens (tertiary/aromatic N) is 3. The van der Waals surface area contributed by atoms with Gasteiger partial charge in [0.2, 0.25) is 0 Å². The van der Waals surface area contributed by atoms with Crippen molar-refractivity contribution >= 4 is 28.3 Å². The lowest BCUT2D eigenvalue weighted by atomic mass is 10.1. The van der Waals surface area contributed by atoms with Gasteiger partial charge in [0.25, 0.3) is 5.89 Å². The topological polar surface area (TPSA) is 79.6 Å². The van der Waals surface area contributed by atoms with Crippen LogP contribution in [0.2, 0.25) is 0 Å². The van der Waals surface area contributed by atoms with Gasteiger partial charge in [-0.1, -0.05) is 19.0 Å². The molecule has 1 atom stereocenters. The third-order valence-corrected chi connectivity index (χ3v) is 3.76. The van der Waals surface area contributed by atoms with E-state index in [4.69, 9.17) is 4.52 Å². The van der Waals surface area contributed by atoms with Crippen LogP contribution in [0.4, 0.5) is 0 Å². The molecule has 0 saturated carbocycles. The number of H-pyrrole nitrogens is 1. The summed E-state index contributed by atoms with van der Waals surface area (Å²) in [6.07, 6.45) is 0.721. The Kier molecular flexibility index (Phi) is 6.16. The van der Waals surface area contributed by atoms with E-state index in [0.717, 1.165) is 16.6 Å². The molecule has 2 N–H and O–H groups in total. The van der Waals surface area contributed by atoms with Crippen molar-refractivity contribution in [1.29, 1.82) is 0 Å². The molecule has 0 aliphatic rings. The quantitative estimate of drug-likeness (QED) is 0.852. The number of aromatic nitrogens is 4. The fraction of sp³-hybridized carbons (Fsp3) is 0.583. The zero-order chi connectivity index (χ0) is 14.0. The highest BCUT2D eigenvalue weighted by Crippen LogP contribution is 2.31. The Hall–Kier alpha value is -0.920. The molecule has 2 aromatic heterocycles. The summed E-state index contributed by atoms with van der Waals surface area (Å²) in [5.41, 5.74) is 1.69. The molecule has 0 aromatic carbocycles. The molecule has 0 saturated heterocycles. The molecular weight excluding hydrogens is 346 g/mol. The number of hydrogen-bond acceptors (Lipinski definition) is 5. The number of aromatic amines is 1. The lowest BCUT2D eigenvalue weighted by molar-refractivity contribution is 0.417. The first-order chi connectivity index (χ1) is 9.02. The molecule has 8 heteroatoms. The summed E-state index contributed by atoms with van der Waals surface area (Å²) in [6, 6.07) is 0.305. The molecular formula is C12H19BrClN5O. The van der Waals surface area contributed by atoms with Crippen LogP contribution in [0.15, 0.2) is 9.00 Å². The van der Waals surface area contributed by atoms with Crippen LogP contribution < -0.4 is 5.32 Å². The number of nitrogens with one attached hydrogen (secondary N) is 2. The van der Waals surface area contributed by atoms with Crippen LogP contribution in [0.1, 0.15) is 38.2 Å². The van der Waals surface area contributed by atoms with Crippen LogP contribution >= 0.6 is 28.3 Å². The standard InChI is InChI=1S/C12H18BrN5O.ClH/c1-6(2)10-9(13)11(17-16-10)12-15-8(18-19-12)5-7(3)14-4;/h6-7,14H,5H2,1-4H3,(H,16,17);1H. The van der Waals surface area contributed by atoms with Gasteiger partial charge in [0, 0.05) is 12.5 Å². The lowest BCUT2D eigenvalue weighted by Gasteiger charge is -2.04. The van der Waals surface area contributed by atoms with Gasteiger partial charge < -0.3 is 9.84 Å². The molecule has 20 heavy (non-hydrogen) atoms. The van der Waals surface area contributed by atoms with Crippen molar-refractivity contribution in [3.05, 3.63) is 16.0 Å². The molecule has 0 fully saturated rings. The van der Waals surface area contributed by atoms with E-state index >= 15 is 0 Å². The van der Waals surface area contributed by atoms with Crippen molar-refractivity contribution < 1.29 is 4.52 Å². The number of rotatable bonds is 5. The summed E-state index contributed by atoms with van der Waals surface area (Å²) in [7, 11) is 1.91. The molecule has 112 valence electrons. The highest BCUT2D eigenvalue weighted by Gasteiger charge is 2.20. The van der Waals surface area contributed by atoms with E-state index in [0.29, 0.717) is 29.4 Å². The highest BCUT2D eigenvalue weighted by atomic mass is 79.9. The highest BCUT2D eigenvalue weighted by molar-refractivity contribution is 9.10. The lowest BCUT2D eigenvalue weighted by Crippen LogP contribution is -2.24. The Morgan fingerprint density at radius 2 is 2.05 bits per heavy atom. The van der Waals surface area contributed by atoms with Crippen LogP contribution in [0.5, 0.6) is 0 Å². The van der Waals surface area contributed by atoms with E-state index in [1.807, 2.05) is 7.05 Å². The van der Waals surface area contributed by atoms with Crippen molar-refractivity contribution in [2.24, 2.45) is 0 Å². The van der Waals surface area contributed by atoms with Crippen molar-refractivity contribution in [2.75, 3.05) is 7.05 Å². The van der Waals surface area contributed by atoms with E-state index in [9.17, 15) is 0 Å². The predicted octanol–water partition coefficient (Wildman–Crippen LogP) is 2.92. The molecule has 0 bridgehead atoms. The molecule has 6 nitrogen and oxygen atoms in total. The summed E-state index contributed by atoms with van der Waals surface area (Å²) in [5.74, 6) is 1.47. The van der Waals surface area contributed by atoms with Gasteiger partial charge in [-0.3, -0.25) is 5.10 Å². The molecule has 2 aromatic rings. The maximum absolute atomic E-state index is 5.27. The van der Waals surface area contributed by atoms with Crippen LogP contribution in [-0.4, -0.2) is 33.4 Å². The first kappa shape index (κ1) is 17.1. The van der Waals surface area contributed by atoms with E-state index in [1.54, 1.807) is 0 Å². The fourth-order valence-electron chi connectivity index (χ4n) is 1.68. The fourth-order valence-corrected chi connectivity index (χ4v) is 2.48. The Labute approximate surface area is 132 Å². The van der Waals surface area contributed by atoms with Crippen LogP contribution in [0.3, 0.4) is 0 Å². The molecule has 2 rings (SSSR count). The van der Waals surface area contributed by atoms with Gasteiger partial charge >= 0.3 is 0 Å². The first-order valence-electron chi connectivity index (χ1n) is 6.26. The van der Waals surface area contributed by atoms with Crippen LogP contribution in [0.25, 0.3) is 11.6 Å². The van der Waals surface area contributed by atoms with Gasteiger partial charge in [-0.2, -0.15) is 10.1 Å². The third-order valence-electron chi connectivity index (χ3n) is 2.96. The average molecular weight is 365 g/mol. The molecule has 0 radical (unpaired) electrons. The molecule has 0 aliphatic carbocycles. The first-order valence-corrected chi connectivity index (χ1v) is 7.06. The monoisotopic (exact) mass is 363 g/mol. The zero-order valence-corrected chi connectivity index (χ0v) is 14.3. The van der Waals surface area contributed by atoms with E-state index < -0.39 is 0 Å². The number of likely N-dealkylation sites (N-methyl/N-ethyl adjacent to an activating group) is 1. The van der Waals surface area contributed by atoms with Gasteiger partial charge in [0.05, 0.1) is 10.2 Å². The minimum atomic E-state index is 0. The number of hydrogen-bond donors (Lipinski definition) is 2. The van der Waals surface area contributed by atoms with E-state index in [2.05, 4.69) is 62.4 Å². The van der Waals surface area contributed by atoms with Crippen molar-refractivity contribution in [3.63, 3.8) is 0 Å². The normalized spacial score (nSPS) is 12.5. The van der Waals surface area contributed by atoms with Gasteiger partial charge in [-0.15, -0.1) is 12.4 Å².